The zero-order chi connectivity index (χ0) is 20.6. The Morgan fingerprint density at radius 3 is 2.45 bits per heavy atom. The molecular weight excluding hydrogens is 394 g/mol. The fourth-order valence-electron chi connectivity index (χ4n) is 3.90. The van der Waals surface area contributed by atoms with Crippen LogP contribution in [0.25, 0.3) is 11.0 Å². The number of nitrogens with zero attached hydrogens (tertiary/aromatic N) is 2. The van der Waals surface area contributed by atoms with Crippen molar-refractivity contribution in [3.8, 4) is 11.5 Å². The summed E-state index contributed by atoms with van der Waals surface area (Å²) in [7, 11) is -0.819. The lowest BCUT2D eigenvalue weighted by Crippen LogP contribution is -2.40. The van der Waals surface area contributed by atoms with Crippen molar-refractivity contribution >= 4 is 21.1 Å². The Kier molecular flexibility index (Phi) is 5.10. The molecule has 0 amide bonds. The van der Waals surface area contributed by atoms with Crippen molar-refractivity contribution in [1.82, 2.24) is 13.9 Å². The van der Waals surface area contributed by atoms with Gasteiger partial charge in [0.2, 0.25) is 10.0 Å². The Morgan fingerprint density at radius 1 is 1.03 bits per heavy atom. The highest BCUT2D eigenvalue weighted by Gasteiger charge is 2.33. The summed E-state index contributed by atoms with van der Waals surface area (Å²) in [4.78, 5) is 15.4. The molecule has 1 aliphatic rings. The van der Waals surface area contributed by atoms with Gasteiger partial charge in [0.05, 0.1) is 25.3 Å². The lowest BCUT2D eigenvalue weighted by Gasteiger charge is -2.32. The molecule has 3 aromatic rings. The number of imidazole rings is 1. The lowest BCUT2D eigenvalue weighted by molar-refractivity contribution is 0.273. The van der Waals surface area contributed by atoms with Gasteiger partial charge in [-0.25, -0.2) is 13.2 Å². The molecule has 9 heteroatoms. The molecule has 1 fully saturated rings. The lowest BCUT2D eigenvalue weighted by atomic mass is 10.1. The number of methoxy groups -OCH3 is 2. The summed E-state index contributed by atoms with van der Waals surface area (Å²) < 4.78 is 40.1. The molecular formula is C20H23N3O5S. The summed E-state index contributed by atoms with van der Waals surface area (Å²) >= 11 is 0. The average Bonchev–Trinajstić information content (AvgIpc) is 3.09. The number of fused-ring (bicyclic) bond motifs is 1. The normalized spacial score (nSPS) is 16.2. The van der Waals surface area contributed by atoms with Crippen LogP contribution in [-0.4, -0.2) is 49.6 Å². The summed E-state index contributed by atoms with van der Waals surface area (Å²) in [6.45, 7) is 0.638. The number of aromatic nitrogens is 2. The molecule has 0 bridgehead atoms. The van der Waals surface area contributed by atoms with Gasteiger partial charge in [-0.3, -0.25) is 4.57 Å². The second-order valence-corrected chi connectivity index (χ2v) is 8.88. The van der Waals surface area contributed by atoms with Gasteiger partial charge in [0.15, 0.2) is 0 Å². The first-order chi connectivity index (χ1) is 14.0. The minimum Gasteiger partial charge on any atom is -0.497 e. The molecule has 29 heavy (non-hydrogen) atoms. The number of hydrogen-bond acceptors (Lipinski definition) is 5. The van der Waals surface area contributed by atoms with Gasteiger partial charge in [0.1, 0.15) is 16.4 Å². The molecule has 0 atom stereocenters. The van der Waals surface area contributed by atoms with E-state index >= 15 is 0 Å². The molecule has 0 saturated carbocycles. The van der Waals surface area contributed by atoms with Crippen LogP contribution in [0.5, 0.6) is 11.5 Å². The van der Waals surface area contributed by atoms with E-state index in [4.69, 9.17) is 9.47 Å². The zero-order valence-corrected chi connectivity index (χ0v) is 17.1. The Hall–Kier alpha value is -2.78. The van der Waals surface area contributed by atoms with Crippen molar-refractivity contribution in [2.75, 3.05) is 27.3 Å². The molecule has 0 spiro atoms. The number of H-pyrrole nitrogens is 1. The van der Waals surface area contributed by atoms with E-state index in [0.717, 1.165) is 11.0 Å². The maximum atomic E-state index is 13.2. The fourth-order valence-corrected chi connectivity index (χ4v) is 5.54. The fraction of sp³-hybridized carbons (Fsp3) is 0.350. The largest absolute Gasteiger partial charge is 0.497 e. The van der Waals surface area contributed by atoms with Crippen molar-refractivity contribution in [3.05, 3.63) is 52.9 Å². The van der Waals surface area contributed by atoms with Crippen LogP contribution in [0.1, 0.15) is 18.9 Å². The Bertz CT molecular complexity index is 1190. The van der Waals surface area contributed by atoms with E-state index < -0.39 is 10.0 Å². The molecule has 154 valence electrons. The molecule has 0 aliphatic carbocycles. The van der Waals surface area contributed by atoms with Crippen molar-refractivity contribution in [3.63, 3.8) is 0 Å². The van der Waals surface area contributed by atoms with E-state index in [2.05, 4.69) is 4.98 Å². The number of ether oxygens (including phenoxy) is 2. The minimum absolute atomic E-state index is 0.0581. The predicted octanol–water partition coefficient (Wildman–Crippen LogP) is 2.37. The van der Waals surface area contributed by atoms with Crippen molar-refractivity contribution in [1.29, 1.82) is 0 Å². The van der Waals surface area contributed by atoms with E-state index in [1.165, 1.54) is 24.6 Å². The van der Waals surface area contributed by atoms with Crippen molar-refractivity contribution in [2.24, 2.45) is 0 Å². The molecule has 4 rings (SSSR count). The molecule has 1 N–H and O–H groups in total. The highest BCUT2D eigenvalue weighted by Crippen LogP contribution is 2.33. The van der Waals surface area contributed by atoms with E-state index in [1.807, 2.05) is 24.3 Å². The number of sulfonamides is 1. The standard InChI is InChI=1S/C20H23N3O5S/c1-27-15-7-8-18(28-2)19(13-15)29(25,26)22-11-9-14(10-12-22)23-17-6-4-3-5-16(17)21-20(23)24/h3-8,13-14H,9-12H2,1-2H3,(H,21,24). The van der Waals surface area contributed by atoms with Gasteiger partial charge >= 0.3 is 5.69 Å². The molecule has 1 saturated heterocycles. The summed E-state index contributed by atoms with van der Waals surface area (Å²) in [5.41, 5.74) is 1.46. The number of nitrogens with one attached hydrogen (secondary N) is 1. The SMILES string of the molecule is COc1ccc(OC)c(S(=O)(=O)N2CCC(n3c(=O)[nH]c4ccccc43)CC2)c1. The number of hydrogen-bond donors (Lipinski definition) is 1. The van der Waals surface area contributed by atoms with Crippen LogP contribution in [-0.2, 0) is 10.0 Å². The number of piperidine rings is 1. The van der Waals surface area contributed by atoms with Crippen LogP contribution in [0.3, 0.4) is 0 Å². The Balaban J connectivity index is 1.60. The quantitative estimate of drug-likeness (QED) is 0.688. The molecule has 2 heterocycles. The Morgan fingerprint density at radius 2 is 1.76 bits per heavy atom. The molecule has 1 aromatic heterocycles. The number of para-hydroxylation sites is 2. The third kappa shape index (κ3) is 3.40. The monoisotopic (exact) mass is 417 g/mol. The van der Waals surface area contributed by atoms with Crippen LogP contribution in [0.2, 0.25) is 0 Å². The molecule has 1 aliphatic heterocycles. The van der Waals surface area contributed by atoms with Crippen LogP contribution >= 0.6 is 0 Å². The summed E-state index contributed by atoms with van der Waals surface area (Å²) in [5, 5.41) is 0. The Labute approximate surface area is 168 Å². The van der Waals surface area contributed by atoms with E-state index in [1.54, 1.807) is 16.7 Å². The van der Waals surface area contributed by atoms with Crippen LogP contribution < -0.4 is 15.2 Å². The second-order valence-electron chi connectivity index (χ2n) is 6.97. The topological polar surface area (TPSA) is 93.6 Å². The van der Waals surface area contributed by atoms with Gasteiger partial charge in [-0.05, 0) is 37.1 Å². The van der Waals surface area contributed by atoms with Crippen LogP contribution in [0, 0.1) is 0 Å². The first kappa shape index (κ1) is 19.5. The number of benzene rings is 2. The summed E-state index contributed by atoms with van der Waals surface area (Å²) in [6, 6.07) is 12.2. The molecule has 0 radical (unpaired) electrons. The van der Waals surface area contributed by atoms with E-state index in [0.29, 0.717) is 31.7 Å². The van der Waals surface area contributed by atoms with Gasteiger partial charge in [0.25, 0.3) is 0 Å². The van der Waals surface area contributed by atoms with Crippen molar-refractivity contribution in [2.45, 2.75) is 23.8 Å². The average molecular weight is 417 g/mol. The summed E-state index contributed by atoms with van der Waals surface area (Å²) in [6.07, 6.45) is 1.10. The maximum absolute atomic E-state index is 13.2. The zero-order valence-electron chi connectivity index (χ0n) is 16.3. The van der Waals surface area contributed by atoms with Gasteiger partial charge in [0, 0.05) is 25.2 Å². The third-order valence-corrected chi connectivity index (χ3v) is 7.32. The first-order valence-corrected chi connectivity index (χ1v) is 10.8. The van der Waals surface area contributed by atoms with Crippen LogP contribution in [0.15, 0.2) is 52.2 Å². The molecule has 2 aromatic carbocycles. The first-order valence-electron chi connectivity index (χ1n) is 9.37. The van der Waals surface area contributed by atoms with Crippen molar-refractivity contribution < 1.29 is 17.9 Å². The third-order valence-electron chi connectivity index (χ3n) is 5.40. The maximum Gasteiger partial charge on any atom is 0.326 e. The molecule has 0 unspecified atom stereocenters. The van der Waals surface area contributed by atoms with Gasteiger partial charge in [-0.2, -0.15) is 4.31 Å². The van der Waals surface area contributed by atoms with E-state index in [9.17, 15) is 13.2 Å². The highest BCUT2D eigenvalue weighted by atomic mass is 32.2. The van der Waals surface area contributed by atoms with Gasteiger partial charge < -0.3 is 14.5 Å². The number of aromatic amines is 1. The summed E-state index contributed by atoms with van der Waals surface area (Å²) in [5.74, 6) is 0.727. The minimum atomic E-state index is -3.75. The smallest absolute Gasteiger partial charge is 0.326 e. The van der Waals surface area contributed by atoms with Crippen LogP contribution in [0.4, 0.5) is 0 Å². The molecule has 8 nitrogen and oxygen atoms in total. The predicted molar refractivity (Wildman–Crippen MR) is 109 cm³/mol. The van der Waals surface area contributed by atoms with Gasteiger partial charge in [-0.1, -0.05) is 12.1 Å². The second kappa shape index (κ2) is 7.57. The highest BCUT2D eigenvalue weighted by molar-refractivity contribution is 7.89. The van der Waals surface area contributed by atoms with Gasteiger partial charge in [-0.15, -0.1) is 0 Å². The van der Waals surface area contributed by atoms with E-state index in [-0.39, 0.29) is 22.4 Å². The number of rotatable bonds is 5.